The van der Waals surface area contributed by atoms with E-state index in [0.29, 0.717) is 0 Å². The maximum Gasteiger partial charge on any atom is 2.00 e. The van der Waals surface area contributed by atoms with Gasteiger partial charge in [-0.2, -0.15) is 0 Å². The van der Waals surface area contributed by atoms with Crippen molar-refractivity contribution in [2.75, 3.05) is 27.4 Å². The van der Waals surface area contributed by atoms with Gasteiger partial charge >= 0.3 is 16.8 Å². The number of carboxylic acids is 2. The topological polar surface area (TPSA) is 165 Å². The van der Waals surface area contributed by atoms with Crippen LogP contribution < -0.4 is 10.2 Å². The Labute approximate surface area is 97.0 Å². The van der Waals surface area contributed by atoms with Crippen molar-refractivity contribution >= 4 is 11.9 Å². The molecule has 0 amide bonds. The molecule has 0 saturated carbocycles. The predicted octanol–water partition coefficient (Wildman–Crippen LogP) is -5.08. The van der Waals surface area contributed by atoms with Crippen molar-refractivity contribution in [1.82, 2.24) is 0 Å². The number of hydrogen-bond donors (Lipinski definition) is 0. The summed E-state index contributed by atoms with van der Waals surface area (Å²) in [7, 11) is 2.60. The van der Waals surface area contributed by atoms with E-state index in [4.69, 9.17) is 0 Å². The number of carbonyl (C=O) groups excluding carboxylic acids is 2. The maximum absolute atomic E-state index is 9.36. The third-order valence-corrected chi connectivity index (χ3v) is 0.524. The molecule has 0 aromatic rings. The monoisotopic (exact) mass is 275 g/mol. The van der Waals surface area contributed by atoms with Gasteiger partial charge in [-0.3, -0.25) is 0 Å². The molecule has 0 rings (SSSR count). The molecule has 95 valence electrons. The van der Waals surface area contributed by atoms with E-state index in [9.17, 15) is 19.8 Å². The standard InChI is InChI=1S/2C3H6O3.Co.2H2O/c2*1-6-2-3(4)5;;;/h2*2H2,1H3,(H,4,5);;2*1H2/q;;+2;;. The normalized spacial score (nSPS) is 6.53. The molecule has 0 saturated heterocycles. The summed E-state index contributed by atoms with van der Waals surface area (Å²) in [5, 5.41) is 18.7. The molecule has 9 heteroatoms. The van der Waals surface area contributed by atoms with Crippen LogP contribution in [0.2, 0.25) is 0 Å². The van der Waals surface area contributed by atoms with Crippen LogP contribution in [0.1, 0.15) is 0 Å². The molecule has 0 aliphatic heterocycles. The minimum absolute atomic E-state index is 0. The van der Waals surface area contributed by atoms with Crippen molar-refractivity contribution in [3.63, 3.8) is 0 Å². The van der Waals surface area contributed by atoms with Crippen LogP contribution in [0.15, 0.2) is 0 Å². The summed E-state index contributed by atoms with van der Waals surface area (Å²) < 4.78 is 8.28. The van der Waals surface area contributed by atoms with Crippen LogP contribution in [0.4, 0.5) is 0 Å². The molecule has 0 aromatic carbocycles. The summed E-state index contributed by atoms with van der Waals surface area (Å²) in [5.41, 5.74) is 0. The summed E-state index contributed by atoms with van der Waals surface area (Å²) in [4.78, 5) is 18.7. The molecule has 0 unspecified atom stereocenters. The number of hydrogen-bond acceptors (Lipinski definition) is 6. The van der Waals surface area contributed by atoms with Gasteiger partial charge in [0.05, 0.1) is 25.2 Å². The summed E-state index contributed by atoms with van der Waals surface area (Å²) in [6.45, 7) is -0.639. The van der Waals surface area contributed by atoms with Crippen molar-refractivity contribution in [1.29, 1.82) is 0 Å². The number of carboxylic acid groups (broad SMARTS) is 2. The molecule has 0 atom stereocenters. The number of ether oxygens (including phenoxy) is 2. The minimum Gasteiger partial charge on any atom is -0.548 e. The first kappa shape index (κ1) is 29.2. The van der Waals surface area contributed by atoms with Crippen molar-refractivity contribution in [3.8, 4) is 0 Å². The molecule has 0 aliphatic rings. The van der Waals surface area contributed by atoms with Crippen LogP contribution in [-0.2, 0) is 46.8 Å². The van der Waals surface area contributed by atoms with E-state index in [1.165, 1.54) is 14.2 Å². The molecule has 1 radical (unpaired) electrons. The fourth-order valence-corrected chi connectivity index (χ4v) is 0.236. The summed E-state index contributed by atoms with van der Waals surface area (Å²) in [5.74, 6) is -2.37. The molecule has 0 aromatic heterocycles. The third-order valence-electron chi connectivity index (χ3n) is 0.524. The number of methoxy groups -OCH3 is 2. The van der Waals surface area contributed by atoms with Gasteiger partial charge in [-0.1, -0.05) is 0 Å². The van der Waals surface area contributed by atoms with Crippen molar-refractivity contribution in [2.45, 2.75) is 0 Å². The van der Waals surface area contributed by atoms with Gasteiger partial charge in [-0.15, -0.1) is 0 Å². The Bertz CT molecular complexity index is 123. The first-order valence-corrected chi connectivity index (χ1v) is 2.92. The first-order valence-electron chi connectivity index (χ1n) is 2.92. The van der Waals surface area contributed by atoms with Gasteiger partial charge < -0.3 is 40.2 Å². The fourth-order valence-electron chi connectivity index (χ4n) is 0.236. The third kappa shape index (κ3) is 60.6. The zero-order valence-electron chi connectivity index (χ0n) is 8.35. The second-order valence-electron chi connectivity index (χ2n) is 1.61. The van der Waals surface area contributed by atoms with Crippen molar-refractivity contribution < 1.29 is 57.0 Å². The van der Waals surface area contributed by atoms with Crippen molar-refractivity contribution in [2.24, 2.45) is 0 Å². The van der Waals surface area contributed by atoms with E-state index < -0.39 is 11.9 Å². The maximum atomic E-state index is 9.36. The number of aliphatic carboxylic acids is 2. The van der Waals surface area contributed by atoms with Crippen molar-refractivity contribution in [3.05, 3.63) is 0 Å². The molecular weight excluding hydrogens is 259 g/mol. The fraction of sp³-hybridized carbons (Fsp3) is 0.667. The van der Waals surface area contributed by atoms with Crippen LogP contribution in [0.25, 0.3) is 0 Å². The first-order chi connectivity index (χ1) is 5.54. The second kappa shape index (κ2) is 23.3. The van der Waals surface area contributed by atoms with Gasteiger partial charge in [-0.25, -0.2) is 0 Å². The van der Waals surface area contributed by atoms with E-state index in [0.717, 1.165) is 0 Å². The Morgan fingerprint density at radius 3 is 1.13 bits per heavy atom. The molecule has 0 spiro atoms. The molecule has 0 bridgehead atoms. The zero-order valence-corrected chi connectivity index (χ0v) is 9.39. The molecule has 8 nitrogen and oxygen atoms in total. The SMILES string of the molecule is COCC(=O)[O-].COCC(=O)[O-].[Co+2].[OH3+].[OH3+]. The largest absolute Gasteiger partial charge is 2.00 e. The number of rotatable bonds is 4. The summed E-state index contributed by atoms with van der Waals surface area (Å²) in [6, 6.07) is 0. The quantitative estimate of drug-likeness (QED) is 0.465. The van der Waals surface area contributed by atoms with Gasteiger partial charge in [0.15, 0.2) is 0 Å². The van der Waals surface area contributed by atoms with Crippen LogP contribution in [0, 0.1) is 0 Å². The Morgan fingerprint density at radius 2 is 1.13 bits per heavy atom. The Kier molecular flexibility index (Phi) is 45.3. The molecule has 6 N–H and O–H groups in total. The van der Waals surface area contributed by atoms with E-state index in [1.807, 2.05) is 0 Å². The summed E-state index contributed by atoms with van der Waals surface area (Å²) >= 11 is 0. The van der Waals surface area contributed by atoms with Gasteiger partial charge in [-0.05, 0) is 0 Å². The van der Waals surface area contributed by atoms with E-state index in [1.54, 1.807) is 0 Å². The predicted molar refractivity (Wildman–Crippen MR) is 43.5 cm³/mol. The van der Waals surface area contributed by atoms with Gasteiger partial charge in [0, 0.05) is 14.2 Å². The second-order valence-corrected chi connectivity index (χ2v) is 1.61. The van der Waals surface area contributed by atoms with E-state index in [-0.39, 0.29) is 40.9 Å². The van der Waals surface area contributed by atoms with Crippen LogP contribution in [0.5, 0.6) is 0 Å². The van der Waals surface area contributed by atoms with E-state index >= 15 is 0 Å². The van der Waals surface area contributed by atoms with Gasteiger partial charge in [0.25, 0.3) is 0 Å². The molecule has 0 aliphatic carbocycles. The Hall–Kier alpha value is -0.714. The number of carbonyl (C=O) groups is 2. The molecule has 0 fully saturated rings. The van der Waals surface area contributed by atoms with Crippen LogP contribution >= 0.6 is 0 Å². The van der Waals surface area contributed by atoms with Crippen LogP contribution in [-0.4, -0.2) is 39.4 Å². The average molecular weight is 275 g/mol. The Balaban J connectivity index is -0.0000000370. The molecule has 15 heavy (non-hydrogen) atoms. The zero-order chi connectivity index (χ0) is 9.98. The van der Waals surface area contributed by atoms with Gasteiger partial charge in [0.1, 0.15) is 0 Å². The Morgan fingerprint density at radius 1 is 0.933 bits per heavy atom. The minimum atomic E-state index is -1.18. The smallest absolute Gasteiger partial charge is 0.548 e. The van der Waals surface area contributed by atoms with E-state index in [2.05, 4.69) is 9.47 Å². The van der Waals surface area contributed by atoms with Gasteiger partial charge in [0.2, 0.25) is 0 Å². The average Bonchev–Trinajstić information content (AvgIpc) is 1.87. The molecular formula is C6H16CoO8+2. The molecule has 0 heterocycles. The van der Waals surface area contributed by atoms with Crippen LogP contribution in [0.3, 0.4) is 0 Å². The summed E-state index contributed by atoms with van der Waals surface area (Å²) in [6.07, 6.45) is 0.